The average molecular weight is 323 g/mol. The van der Waals surface area contributed by atoms with E-state index < -0.39 is 0 Å². The van der Waals surface area contributed by atoms with Crippen molar-refractivity contribution in [1.82, 2.24) is 9.88 Å². The summed E-state index contributed by atoms with van der Waals surface area (Å²) in [4.78, 5) is 19.0. The van der Waals surface area contributed by atoms with Crippen LogP contribution in [0.3, 0.4) is 0 Å². The molecule has 1 aromatic heterocycles. The first-order valence-electron chi connectivity index (χ1n) is 7.75. The van der Waals surface area contributed by atoms with Gasteiger partial charge >= 0.3 is 6.03 Å². The summed E-state index contributed by atoms with van der Waals surface area (Å²) < 4.78 is 10.7. The summed E-state index contributed by atoms with van der Waals surface area (Å²) in [6.07, 6.45) is 2.63. The number of aromatic nitrogens is 1. The van der Waals surface area contributed by atoms with Gasteiger partial charge in [0, 0.05) is 26.1 Å². The fourth-order valence-electron chi connectivity index (χ4n) is 4.70. The van der Waals surface area contributed by atoms with Crippen LogP contribution in [0.25, 0.3) is 0 Å². The number of nitrogens with zero attached hydrogens (tertiary/aromatic N) is 2. The van der Waals surface area contributed by atoms with Crippen LogP contribution in [-0.2, 0) is 16.1 Å². The first-order chi connectivity index (χ1) is 10.7. The van der Waals surface area contributed by atoms with E-state index in [-0.39, 0.29) is 18.2 Å². The molecule has 2 bridgehead atoms. The number of amides is 2. The molecule has 1 N–H and O–H groups in total. The molecule has 0 aromatic carbocycles. The molecule has 4 rings (SSSR count). The molecular weight excluding hydrogens is 302 g/mol. The minimum Gasteiger partial charge on any atom is -0.379 e. The molecule has 0 spiro atoms. The number of hydrogen-bond acceptors (Lipinski definition) is 5. The minimum atomic E-state index is -0.0413. The number of rotatable bonds is 4. The van der Waals surface area contributed by atoms with Crippen LogP contribution in [0.4, 0.5) is 9.93 Å². The zero-order valence-corrected chi connectivity index (χ0v) is 13.6. The lowest BCUT2D eigenvalue weighted by Crippen LogP contribution is -2.46. The third-order valence-corrected chi connectivity index (χ3v) is 6.21. The van der Waals surface area contributed by atoms with Crippen LogP contribution in [-0.4, -0.2) is 48.8 Å². The molecule has 2 heterocycles. The van der Waals surface area contributed by atoms with Gasteiger partial charge in [-0.05, 0) is 30.6 Å². The topological polar surface area (TPSA) is 63.7 Å². The van der Waals surface area contributed by atoms with E-state index in [9.17, 15) is 4.79 Å². The van der Waals surface area contributed by atoms with Crippen LogP contribution in [0.2, 0.25) is 0 Å². The van der Waals surface area contributed by atoms with Crippen LogP contribution in [0, 0.1) is 17.8 Å². The highest BCUT2D eigenvalue weighted by Gasteiger charge is 2.60. The lowest BCUT2D eigenvalue weighted by Gasteiger charge is -2.31. The largest absolute Gasteiger partial charge is 0.379 e. The molecule has 5 atom stereocenters. The van der Waals surface area contributed by atoms with Crippen molar-refractivity contribution in [3.05, 3.63) is 11.1 Å². The number of thiazole rings is 1. The van der Waals surface area contributed by atoms with Crippen molar-refractivity contribution in [1.29, 1.82) is 0 Å². The zero-order chi connectivity index (χ0) is 15.3. The molecule has 7 heteroatoms. The van der Waals surface area contributed by atoms with Gasteiger partial charge in [-0.15, -0.1) is 11.3 Å². The Labute approximate surface area is 133 Å². The molecule has 1 saturated heterocycles. The first-order valence-corrected chi connectivity index (χ1v) is 8.63. The molecule has 120 valence electrons. The maximum Gasteiger partial charge on any atom is 0.324 e. The molecule has 2 saturated carbocycles. The number of methoxy groups -OCH3 is 2. The number of urea groups is 1. The number of fused-ring (bicyclic) bond motifs is 1. The lowest BCUT2D eigenvalue weighted by atomic mass is 9.88. The van der Waals surface area contributed by atoms with Crippen LogP contribution in [0.1, 0.15) is 18.5 Å². The Balaban J connectivity index is 1.46. The second kappa shape index (κ2) is 5.47. The molecule has 3 aliphatic rings. The number of likely N-dealkylation sites (tertiary alicyclic amines) is 1. The van der Waals surface area contributed by atoms with Crippen molar-refractivity contribution in [3.63, 3.8) is 0 Å². The second-order valence-electron chi connectivity index (χ2n) is 6.51. The van der Waals surface area contributed by atoms with Crippen molar-refractivity contribution in [2.45, 2.75) is 31.6 Å². The number of carbonyl (C=O) groups is 1. The second-order valence-corrected chi connectivity index (χ2v) is 7.36. The van der Waals surface area contributed by atoms with Gasteiger partial charge < -0.3 is 14.4 Å². The van der Waals surface area contributed by atoms with Crippen molar-refractivity contribution in [3.8, 4) is 0 Å². The minimum absolute atomic E-state index is 0.0413. The molecule has 1 aromatic rings. The Morgan fingerprint density at radius 1 is 1.45 bits per heavy atom. The van der Waals surface area contributed by atoms with E-state index in [1.807, 2.05) is 10.3 Å². The number of carbonyl (C=O) groups excluding carboxylic acids is 1. The van der Waals surface area contributed by atoms with Crippen molar-refractivity contribution >= 4 is 22.5 Å². The molecule has 0 unspecified atom stereocenters. The van der Waals surface area contributed by atoms with E-state index in [0.717, 1.165) is 12.2 Å². The van der Waals surface area contributed by atoms with Gasteiger partial charge in [-0.1, -0.05) is 0 Å². The van der Waals surface area contributed by atoms with Crippen molar-refractivity contribution in [2.75, 3.05) is 26.1 Å². The number of nitrogens with one attached hydrogen (secondary N) is 1. The monoisotopic (exact) mass is 323 g/mol. The van der Waals surface area contributed by atoms with Crippen LogP contribution in [0.15, 0.2) is 5.38 Å². The number of hydrogen-bond donors (Lipinski definition) is 1. The lowest BCUT2D eigenvalue weighted by molar-refractivity contribution is 0.0202. The molecule has 3 fully saturated rings. The van der Waals surface area contributed by atoms with Crippen LogP contribution >= 0.6 is 11.3 Å². The van der Waals surface area contributed by atoms with Gasteiger partial charge in [0.1, 0.15) is 0 Å². The Hall–Kier alpha value is -1.18. The SMILES string of the molecule is COCc1csc(NC(=O)N2C[C@@H]3C[C@H]4C[C@H]3[C@H]2[C@H]4OC)n1. The predicted molar refractivity (Wildman–Crippen MR) is 82.8 cm³/mol. The molecular formula is C15H21N3O3S. The van der Waals surface area contributed by atoms with E-state index >= 15 is 0 Å². The van der Waals surface area contributed by atoms with E-state index in [2.05, 4.69) is 10.3 Å². The summed E-state index contributed by atoms with van der Waals surface area (Å²) in [6, 6.07) is 0.201. The van der Waals surface area contributed by atoms with Gasteiger partial charge in [0.2, 0.25) is 0 Å². The number of anilines is 1. The van der Waals surface area contributed by atoms with E-state index in [1.165, 1.54) is 24.2 Å². The molecule has 22 heavy (non-hydrogen) atoms. The maximum absolute atomic E-state index is 12.6. The Bertz CT molecular complexity index is 576. The van der Waals surface area contributed by atoms with Gasteiger partial charge in [0.05, 0.1) is 24.4 Å². The molecule has 0 radical (unpaired) electrons. The summed E-state index contributed by atoms with van der Waals surface area (Å²) in [5.41, 5.74) is 0.847. The van der Waals surface area contributed by atoms with Gasteiger partial charge in [-0.25, -0.2) is 9.78 Å². The Kier molecular flexibility index (Phi) is 3.58. The van der Waals surface area contributed by atoms with Gasteiger partial charge in [0.25, 0.3) is 0 Å². The molecule has 2 aliphatic carbocycles. The quantitative estimate of drug-likeness (QED) is 0.922. The Morgan fingerprint density at radius 2 is 2.32 bits per heavy atom. The highest BCUT2D eigenvalue weighted by Crippen LogP contribution is 2.55. The van der Waals surface area contributed by atoms with Crippen molar-refractivity contribution in [2.24, 2.45) is 17.8 Å². The summed E-state index contributed by atoms with van der Waals surface area (Å²) in [5, 5.41) is 5.49. The fraction of sp³-hybridized carbons (Fsp3) is 0.733. The molecule has 2 amide bonds. The van der Waals surface area contributed by atoms with E-state index in [1.54, 1.807) is 14.2 Å². The van der Waals surface area contributed by atoms with Crippen molar-refractivity contribution < 1.29 is 14.3 Å². The standard InChI is InChI=1S/C15H21N3O3S/c1-20-6-10-7-22-14(16-10)17-15(19)18-5-9-3-8-4-11(9)12(18)13(8)21-2/h7-9,11-13H,3-6H2,1-2H3,(H,16,17,19)/t8-,9-,11+,12-,13-/m0/s1. The average Bonchev–Trinajstić information content (AvgIpc) is 3.20. The number of ether oxygens (including phenoxy) is 2. The van der Waals surface area contributed by atoms with Gasteiger partial charge in [0.15, 0.2) is 5.13 Å². The zero-order valence-electron chi connectivity index (χ0n) is 12.8. The predicted octanol–water partition coefficient (Wildman–Crippen LogP) is 2.18. The van der Waals surface area contributed by atoms with Gasteiger partial charge in [-0.2, -0.15) is 0 Å². The molecule has 6 nitrogen and oxygen atoms in total. The summed E-state index contributed by atoms with van der Waals surface area (Å²) in [6.45, 7) is 1.32. The summed E-state index contributed by atoms with van der Waals surface area (Å²) in [5.74, 6) is 1.92. The maximum atomic E-state index is 12.6. The third-order valence-electron chi connectivity index (χ3n) is 5.41. The van der Waals surface area contributed by atoms with Gasteiger partial charge in [-0.3, -0.25) is 5.32 Å². The molecule has 1 aliphatic heterocycles. The first kappa shape index (κ1) is 14.4. The summed E-state index contributed by atoms with van der Waals surface area (Å²) >= 11 is 1.44. The fourth-order valence-corrected chi connectivity index (χ4v) is 5.38. The van der Waals surface area contributed by atoms with E-state index in [4.69, 9.17) is 9.47 Å². The normalized spacial score (nSPS) is 35.4. The third kappa shape index (κ3) is 2.14. The highest BCUT2D eigenvalue weighted by molar-refractivity contribution is 7.13. The Morgan fingerprint density at radius 3 is 3.09 bits per heavy atom. The smallest absolute Gasteiger partial charge is 0.324 e. The van der Waals surface area contributed by atoms with E-state index in [0.29, 0.717) is 29.5 Å². The highest BCUT2D eigenvalue weighted by atomic mass is 32.1. The summed E-state index contributed by atoms with van der Waals surface area (Å²) in [7, 11) is 3.41. The van der Waals surface area contributed by atoms with Crippen LogP contribution < -0.4 is 5.32 Å². The van der Waals surface area contributed by atoms with Crippen LogP contribution in [0.5, 0.6) is 0 Å².